The molecular formula is C16H25NO. The van der Waals surface area contributed by atoms with Crippen LogP contribution in [0.2, 0.25) is 0 Å². The van der Waals surface area contributed by atoms with Crippen molar-refractivity contribution in [2.75, 3.05) is 18.1 Å². The van der Waals surface area contributed by atoms with Gasteiger partial charge in [-0.15, -0.1) is 0 Å². The molecule has 2 rings (SSSR count). The second kappa shape index (κ2) is 4.93. The van der Waals surface area contributed by atoms with Crippen LogP contribution in [-0.2, 0) is 0 Å². The molecule has 1 fully saturated rings. The minimum atomic E-state index is 0.146. The first-order valence-electron chi connectivity index (χ1n) is 6.92. The van der Waals surface area contributed by atoms with E-state index in [2.05, 4.69) is 56.9 Å². The van der Waals surface area contributed by atoms with Crippen molar-refractivity contribution in [1.82, 2.24) is 0 Å². The third kappa shape index (κ3) is 2.54. The molecule has 0 saturated carbocycles. The monoisotopic (exact) mass is 247 g/mol. The van der Waals surface area contributed by atoms with Gasteiger partial charge in [-0.1, -0.05) is 26.0 Å². The summed E-state index contributed by atoms with van der Waals surface area (Å²) in [6, 6.07) is 8.89. The van der Waals surface area contributed by atoms with E-state index >= 15 is 0 Å². The Morgan fingerprint density at radius 3 is 2.33 bits per heavy atom. The third-order valence-electron chi connectivity index (χ3n) is 4.09. The molecule has 0 aliphatic carbocycles. The minimum Gasteiger partial charge on any atom is -0.396 e. The van der Waals surface area contributed by atoms with Gasteiger partial charge in [0, 0.05) is 30.3 Å². The van der Waals surface area contributed by atoms with Crippen LogP contribution >= 0.6 is 0 Å². The summed E-state index contributed by atoms with van der Waals surface area (Å²) >= 11 is 0. The molecule has 0 amide bonds. The molecule has 0 bridgehead atoms. The predicted octanol–water partition coefficient (Wildman–Crippen LogP) is 3.41. The summed E-state index contributed by atoms with van der Waals surface area (Å²) < 4.78 is 0. The second-order valence-corrected chi connectivity index (χ2v) is 6.42. The maximum absolute atomic E-state index is 9.35. The fraction of sp³-hybridized carbons (Fsp3) is 0.625. The lowest BCUT2D eigenvalue weighted by atomic mass is 9.96. The van der Waals surface area contributed by atoms with Gasteiger partial charge in [0.25, 0.3) is 0 Å². The van der Waals surface area contributed by atoms with E-state index in [1.165, 1.54) is 11.3 Å². The first-order valence-corrected chi connectivity index (χ1v) is 6.92. The fourth-order valence-electron chi connectivity index (χ4n) is 3.00. The highest BCUT2D eigenvalue weighted by atomic mass is 16.3. The Morgan fingerprint density at radius 1 is 1.28 bits per heavy atom. The van der Waals surface area contributed by atoms with E-state index in [-0.39, 0.29) is 5.54 Å². The number of aliphatic hydroxyl groups is 1. The van der Waals surface area contributed by atoms with Crippen molar-refractivity contribution in [3.8, 4) is 0 Å². The molecule has 18 heavy (non-hydrogen) atoms. The minimum absolute atomic E-state index is 0.146. The highest BCUT2D eigenvalue weighted by Crippen LogP contribution is 2.36. The smallest absolute Gasteiger partial charge is 0.0477 e. The number of nitrogens with zero attached hydrogens (tertiary/aromatic N) is 1. The first-order chi connectivity index (χ1) is 8.44. The Hall–Kier alpha value is -1.02. The Balaban J connectivity index is 2.21. The van der Waals surface area contributed by atoms with Gasteiger partial charge in [0.1, 0.15) is 0 Å². The van der Waals surface area contributed by atoms with Gasteiger partial charge >= 0.3 is 0 Å². The number of anilines is 1. The van der Waals surface area contributed by atoms with Crippen LogP contribution in [0.25, 0.3) is 0 Å². The Morgan fingerprint density at radius 2 is 1.89 bits per heavy atom. The summed E-state index contributed by atoms with van der Waals surface area (Å²) in [6.45, 7) is 10.2. The SMILES string of the molecule is CC(C)c1ccc(N2CC(CO)CC2(C)C)cc1. The predicted molar refractivity (Wildman–Crippen MR) is 77.1 cm³/mol. The van der Waals surface area contributed by atoms with Crippen molar-refractivity contribution < 1.29 is 5.11 Å². The first kappa shape index (κ1) is 13.4. The average Bonchev–Trinajstić information content (AvgIpc) is 2.64. The molecule has 1 aromatic rings. The Bertz CT molecular complexity index is 394. The van der Waals surface area contributed by atoms with Gasteiger partial charge in [-0.3, -0.25) is 0 Å². The molecule has 1 heterocycles. The molecule has 1 atom stereocenters. The number of benzene rings is 1. The molecule has 1 saturated heterocycles. The van der Waals surface area contributed by atoms with Gasteiger partial charge in [-0.05, 0) is 43.9 Å². The van der Waals surface area contributed by atoms with Gasteiger partial charge in [0.2, 0.25) is 0 Å². The normalized spacial score (nSPS) is 22.8. The maximum Gasteiger partial charge on any atom is 0.0477 e. The number of hydrogen-bond donors (Lipinski definition) is 1. The van der Waals surface area contributed by atoms with E-state index < -0.39 is 0 Å². The lowest BCUT2D eigenvalue weighted by Crippen LogP contribution is -2.38. The zero-order valence-electron chi connectivity index (χ0n) is 12.0. The molecule has 2 nitrogen and oxygen atoms in total. The summed E-state index contributed by atoms with van der Waals surface area (Å²) in [6.07, 6.45) is 1.06. The van der Waals surface area contributed by atoms with E-state index in [0.29, 0.717) is 18.4 Å². The molecule has 100 valence electrons. The summed E-state index contributed by atoms with van der Waals surface area (Å²) in [5.41, 5.74) is 2.81. The fourth-order valence-corrected chi connectivity index (χ4v) is 3.00. The van der Waals surface area contributed by atoms with Crippen LogP contribution in [0.4, 0.5) is 5.69 Å². The van der Waals surface area contributed by atoms with Crippen LogP contribution in [-0.4, -0.2) is 23.8 Å². The zero-order chi connectivity index (χ0) is 13.3. The number of rotatable bonds is 3. The summed E-state index contributed by atoms with van der Waals surface area (Å²) in [7, 11) is 0. The van der Waals surface area contributed by atoms with Crippen LogP contribution in [0, 0.1) is 5.92 Å². The molecule has 0 aromatic heterocycles. The van der Waals surface area contributed by atoms with E-state index in [0.717, 1.165) is 13.0 Å². The molecule has 1 aromatic carbocycles. The molecule has 1 unspecified atom stereocenters. The quantitative estimate of drug-likeness (QED) is 0.885. The zero-order valence-corrected chi connectivity index (χ0v) is 12.0. The highest BCUT2D eigenvalue weighted by molar-refractivity contribution is 5.51. The molecule has 0 spiro atoms. The van der Waals surface area contributed by atoms with Crippen molar-refractivity contribution in [3.63, 3.8) is 0 Å². The van der Waals surface area contributed by atoms with Crippen molar-refractivity contribution in [1.29, 1.82) is 0 Å². The van der Waals surface area contributed by atoms with Crippen molar-refractivity contribution in [2.45, 2.75) is 45.6 Å². The van der Waals surface area contributed by atoms with Gasteiger partial charge in [0.15, 0.2) is 0 Å². The standard InChI is InChI=1S/C16H25NO/c1-12(2)14-5-7-15(8-6-14)17-10-13(11-18)9-16(17,3)4/h5-8,12-13,18H,9-11H2,1-4H3. The largest absolute Gasteiger partial charge is 0.396 e. The van der Waals surface area contributed by atoms with E-state index in [1.807, 2.05) is 0 Å². The third-order valence-corrected chi connectivity index (χ3v) is 4.09. The molecular weight excluding hydrogens is 222 g/mol. The molecule has 2 heteroatoms. The molecule has 1 aliphatic rings. The van der Waals surface area contributed by atoms with Crippen LogP contribution in [0.5, 0.6) is 0 Å². The Kier molecular flexibility index (Phi) is 3.67. The van der Waals surface area contributed by atoms with E-state index in [9.17, 15) is 5.11 Å². The number of aliphatic hydroxyl groups excluding tert-OH is 1. The summed E-state index contributed by atoms with van der Waals surface area (Å²) in [4.78, 5) is 2.43. The van der Waals surface area contributed by atoms with Crippen molar-refractivity contribution >= 4 is 5.69 Å². The van der Waals surface area contributed by atoms with Gasteiger partial charge in [0.05, 0.1) is 0 Å². The average molecular weight is 247 g/mol. The summed E-state index contributed by atoms with van der Waals surface area (Å²) in [5.74, 6) is 0.987. The van der Waals surface area contributed by atoms with Crippen molar-refractivity contribution in [3.05, 3.63) is 29.8 Å². The van der Waals surface area contributed by atoms with Gasteiger partial charge < -0.3 is 10.0 Å². The van der Waals surface area contributed by atoms with E-state index in [1.54, 1.807) is 0 Å². The van der Waals surface area contributed by atoms with Crippen LogP contribution in [0.15, 0.2) is 24.3 Å². The van der Waals surface area contributed by atoms with Gasteiger partial charge in [-0.2, -0.15) is 0 Å². The van der Waals surface area contributed by atoms with Crippen LogP contribution in [0.1, 0.15) is 45.6 Å². The van der Waals surface area contributed by atoms with E-state index in [4.69, 9.17) is 0 Å². The molecule has 1 aliphatic heterocycles. The van der Waals surface area contributed by atoms with Crippen LogP contribution < -0.4 is 4.90 Å². The Labute approximate surface area is 111 Å². The highest BCUT2D eigenvalue weighted by Gasteiger charge is 2.37. The number of hydrogen-bond acceptors (Lipinski definition) is 2. The molecule has 1 N–H and O–H groups in total. The lowest BCUT2D eigenvalue weighted by Gasteiger charge is -2.33. The summed E-state index contributed by atoms with van der Waals surface area (Å²) in [5, 5.41) is 9.35. The maximum atomic E-state index is 9.35. The van der Waals surface area contributed by atoms with Gasteiger partial charge in [-0.25, -0.2) is 0 Å². The van der Waals surface area contributed by atoms with Crippen molar-refractivity contribution in [2.24, 2.45) is 5.92 Å². The topological polar surface area (TPSA) is 23.5 Å². The second-order valence-electron chi connectivity index (χ2n) is 6.42. The molecule has 0 radical (unpaired) electrons. The lowest BCUT2D eigenvalue weighted by molar-refractivity contribution is 0.232. The van der Waals surface area contributed by atoms with Crippen LogP contribution in [0.3, 0.4) is 0 Å².